The molecule has 1 unspecified atom stereocenters. The zero-order valence-corrected chi connectivity index (χ0v) is 11.3. The molecule has 1 saturated carbocycles. The maximum absolute atomic E-state index is 13.3. The van der Waals surface area contributed by atoms with Crippen molar-refractivity contribution in [1.29, 1.82) is 0 Å². The van der Waals surface area contributed by atoms with Gasteiger partial charge in [0.15, 0.2) is 0 Å². The van der Waals surface area contributed by atoms with Crippen molar-refractivity contribution in [3.8, 4) is 0 Å². The number of halogens is 1. The van der Waals surface area contributed by atoms with Gasteiger partial charge in [-0.25, -0.2) is 9.37 Å². The summed E-state index contributed by atoms with van der Waals surface area (Å²) in [5, 5.41) is 0. The van der Waals surface area contributed by atoms with Crippen molar-refractivity contribution in [2.75, 3.05) is 11.4 Å². The molecule has 3 rings (SSSR count). The smallest absolute Gasteiger partial charge is 0.141 e. The van der Waals surface area contributed by atoms with Gasteiger partial charge in [-0.15, -0.1) is 0 Å². The highest BCUT2D eigenvalue weighted by Gasteiger charge is 2.34. The molecular formula is C15H22FN3. The third-order valence-electron chi connectivity index (χ3n) is 4.64. The summed E-state index contributed by atoms with van der Waals surface area (Å²) in [4.78, 5) is 6.71. The minimum atomic E-state index is -0.291. The van der Waals surface area contributed by atoms with E-state index in [1.54, 1.807) is 0 Å². The lowest BCUT2D eigenvalue weighted by Gasteiger charge is -2.31. The van der Waals surface area contributed by atoms with Crippen LogP contribution in [0.25, 0.3) is 0 Å². The zero-order chi connectivity index (χ0) is 13.2. The van der Waals surface area contributed by atoms with Crippen LogP contribution in [0.3, 0.4) is 0 Å². The van der Waals surface area contributed by atoms with Gasteiger partial charge in [-0.1, -0.05) is 12.8 Å². The van der Waals surface area contributed by atoms with Crippen LogP contribution in [-0.2, 0) is 6.54 Å². The highest BCUT2D eigenvalue weighted by molar-refractivity contribution is 5.49. The molecule has 19 heavy (non-hydrogen) atoms. The van der Waals surface area contributed by atoms with Crippen LogP contribution in [0.5, 0.6) is 0 Å². The quantitative estimate of drug-likeness (QED) is 0.911. The number of anilines is 1. The third-order valence-corrected chi connectivity index (χ3v) is 4.64. The summed E-state index contributed by atoms with van der Waals surface area (Å²) >= 11 is 0. The average Bonchev–Trinajstić information content (AvgIpc) is 3.08. The van der Waals surface area contributed by atoms with Crippen LogP contribution >= 0.6 is 0 Å². The van der Waals surface area contributed by atoms with Crippen LogP contribution in [0, 0.1) is 11.7 Å². The molecule has 2 fully saturated rings. The molecule has 0 bridgehead atoms. The summed E-state index contributed by atoms with van der Waals surface area (Å²) < 4.78 is 13.3. The Morgan fingerprint density at radius 3 is 2.79 bits per heavy atom. The number of pyridine rings is 1. The maximum atomic E-state index is 13.3. The molecule has 1 saturated heterocycles. The minimum absolute atomic E-state index is 0.291. The van der Waals surface area contributed by atoms with Gasteiger partial charge in [0.2, 0.25) is 0 Å². The summed E-state index contributed by atoms with van der Waals surface area (Å²) in [7, 11) is 0. The molecule has 1 aliphatic heterocycles. The van der Waals surface area contributed by atoms with E-state index in [0.717, 1.165) is 23.8 Å². The van der Waals surface area contributed by atoms with Crippen molar-refractivity contribution in [3.63, 3.8) is 0 Å². The number of rotatable bonds is 3. The fourth-order valence-electron chi connectivity index (χ4n) is 3.77. The van der Waals surface area contributed by atoms with Crippen LogP contribution in [-0.4, -0.2) is 17.6 Å². The Morgan fingerprint density at radius 1 is 1.26 bits per heavy atom. The van der Waals surface area contributed by atoms with Gasteiger partial charge in [-0.2, -0.15) is 0 Å². The van der Waals surface area contributed by atoms with E-state index in [1.165, 1.54) is 50.8 Å². The molecule has 0 aromatic carbocycles. The first kappa shape index (κ1) is 12.9. The molecular weight excluding hydrogens is 241 g/mol. The average molecular weight is 263 g/mol. The second kappa shape index (κ2) is 5.45. The first-order valence-electron chi connectivity index (χ1n) is 7.40. The van der Waals surface area contributed by atoms with Gasteiger partial charge in [0, 0.05) is 24.7 Å². The van der Waals surface area contributed by atoms with Gasteiger partial charge >= 0.3 is 0 Å². The van der Waals surface area contributed by atoms with Gasteiger partial charge in [0.25, 0.3) is 0 Å². The summed E-state index contributed by atoms with van der Waals surface area (Å²) in [6.07, 6.45) is 9.16. The lowest BCUT2D eigenvalue weighted by molar-refractivity contribution is 0.428. The summed E-state index contributed by atoms with van der Waals surface area (Å²) in [5.74, 6) is 1.42. The van der Waals surface area contributed by atoms with Crippen molar-refractivity contribution in [1.82, 2.24) is 4.98 Å². The van der Waals surface area contributed by atoms with Gasteiger partial charge in [0.1, 0.15) is 11.6 Å². The number of aromatic nitrogens is 1. The van der Waals surface area contributed by atoms with Gasteiger partial charge in [-0.05, 0) is 37.7 Å². The van der Waals surface area contributed by atoms with Crippen molar-refractivity contribution in [3.05, 3.63) is 23.6 Å². The molecule has 1 aromatic rings. The number of hydrogen-bond acceptors (Lipinski definition) is 3. The van der Waals surface area contributed by atoms with Crippen LogP contribution in [0.1, 0.15) is 44.1 Å². The Hall–Kier alpha value is -1.16. The van der Waals surface area contributed by atoms with Crippen LogP contribution in [0.4, 0.5) is 10.2 Å². The molecule has 2 aliphatic rings. The second-order valence-electron chi connectivity index (χ2n) is 5.79. The second-order valence-corrected chi connectivity index (χ2v) is 5.79. The van der Waals surface area contributed by atoms with Crippen LogP contribution in [0.15, 0.2) is 12.3 Å². The number of nitrogens with zero attached hydrogens (tertiary/aromatic N) is 2. The number of hydrogen-bond donors (Lipinski definition) is 1. The lowest BCUT2D eigenvalue weighted by Crippen LogP contribution is -2.36. The van der Waals surface area contributed by atoms with E-state index in [1.807, 2.05) is 0 Å². The topological polar surface area (TPSA) is 42.1 Å². The Kier molecular flexibility index (Phi) is 3.69. The lowest BCUT2D eigenvalue weighted by atomic mass is 9.96. The monoisotopic (exact) mass is 263 g/mol. The van der Waals surface area contributed by atoms with Gasteiger partial charge < -0.3 is 10.6 Å². The maximum Gasteiger partial charge on any atom is 0.141 e. The molecule has 104 valence electrons. The van der Waals surface area contributed by atoms with Crippen molar-refractivity contribution in [2.45, 2.75) is 51.1 Å². The Balaban J connectivity index is 1.87. The Labute approximate surface area is 114 Å². The Bertz CT molecular complexity index is 443. The molecule has 4 heteroatoms. The minimum Gasteiger partial charge on any atom is -0.353 e. The molecule has 1 atom stereocenters. The van der Waals surface area contributed by atoms with Gasteiger partial charge in [-0.3, -0.25) is 0 Å². The van der Waals surface area contributed by atoms with E-state index in [4.69, 9.17) is 5.73 Å². The zero-order valence-electron chi connectivity index (χ0n) is 11.3. The predicted molar refractivity (Wildman–Crippen MR) is 74.4 cm³/mol. The van der Waals surface area contributed by atoms with E-state index in [0.29, 0.717) is 12.6 Å². The molecule has 1 aromatic heterocycles. The largest absolute Gasteiger partial charge is 0.353 e. The summed E-state index contributed by atoms with van der Waals surface area (Å²) in [5.41, 5.74) is 6.59. The normalized spacial score (nSPS) is 24.3. The molecule has 2 N–H and O–H groups in total. The van der Waals surface area contributed by atoms with Crippen molar-refractivity contribution in [2.24, 2.45) is 11.7 Å². The third kappa shape index (κ3) is 2.46. The van der Waals surface area contributed by atoms with E-state index in [2.05, 4.69) is 9.88 Å². The summed E-state index contributed by atoms with van der Waals surface area (Å²) in [6.45, 7) is 1.39. The highest BCUT2D eigenvalue weighted by Crippen LogP contribution is 2.38. The summed E-state index contributed by atoms with van der Waals surface area (Å²) in [6, 6.07) is 2.12. The molecule has 3 nitrogen and oxygen atoms in total. The molecule has 1 aliphatic carbocycles. The predicted octanol–water partition coefficient (Wildman–Crippen LogP) is 2.84. The van der Waals surface area contributed by atoms with Crippen molar-refractivity contribution >= 4 is 5.82 Å². The number of nitrogens with two attached hydrogens (primary N) is 1. The molecule has 2 heterocycles. The fraction of sp³-hybridized carbons (Fsp3) is 0.667. The van der Waals surface area contributed by atoms with E-state index in [9.17, 15) is 4.39 Å². The molecule has 0 amide bonds. The highest BCUT2D eigenvalue weighted by atomic mass is 19.1. The standard InChI is InChI=1S/C15H22FN3/c16-13-8-12(9-17)15(18-10-13)19-7-3-6-14(19)11-4-1-2-5-11/h8,10-11,14H,1-7,9,17H2. The first-order valence-corrected chi connectivity index (χ1v) is 7.40. The van der Waals surface area contributed by atoms with E-state index < -0.39 is 0 Å². The van der Waals surface area contributed by atoms with Crippen LogP contribution in [0.2, 0.25) is 0 Å². The fourth-order valence-corrected chi connectivity index (χ4v) is 3.77. The molecule has 0 spiro atoms. The van der Waals surface area contributed by atoms with Crippen LogP contribution < -0.4 is 10.6 Å². The van der Waals surface area contributed by atoms with E-state index in [-0.39, 0.29) is 5.82 Å². The van der Waals surface area contributed by atoms with Gasteiger partial charge in [0.05, 0.1) is 6.20 Å². The van der Waals surface area contributed by atoms with E-state index >= 15 is 0 Å². The molecule has 0 radical (unpaired) electrons. The first-order chi connectivity index (χ1) is 9.29. The van der Waals surface area contributed by atoms with Crippen molar-refractivity contribution < 1.29 is 4.39 Å². The SMILES string of the molecule is NCc1cc(F)cnc1N1CCCC1C1CCCC1. The Morgan fingerprint density at radius 2 is 2.05 bits per heavy atom.